The summed E-state index contributed by atoms with van der Waals surface area (Å²) in [6.07, 6.45) is 20.8. The van der Waals surface area contributed by atoms with E-state index in [1.807, 2.05) is 0 Å². The first-order chi connectivity index (χ1) is 19.4. The molecule has 2 N–H and O–H groups in total. The van der Waals surface area contributed by atoms with Gasteiger partial charge in [-0.2, -0.15) is 0 Å². The second-order valence-corrected chi connectivity index (χ2v) is 11.0. The number of carbonyl (C=O) groups is 4. The molecule has 0 saturated carbocycles. The number of amides is 2. The third-order valence-electron chi connectivity index (χ3n) is 6.93. The Morgan fingerprint density at radius 2 is 1.00 bits per heavy atom. The van der Waals surface area contributed by atoms with Crippen LogP contribution in [-0.2, 0) is 28.7 Å². The molecule has 0 heterocycles. The van der Waals surface area contributed by atoms with Crippen molar-refractivity contribution in [3.8, 4) is 0 Å². The third kappa shape index (κ3) is 26.5. The molecule has 0 spiro atoms. The van der Waals surface area contributed by atoms with E-state index in [-0.39, 0.29) is 49.7 Å². The van der Waals surface area contributed by atoms with Gasteiger partial charge in [0, 0.05) is 25.7 Å². The van der Waals surface area contributed by atoms with Crippen molar-refractivity contribution in [3.05, 3.63) is 0 Å². The van der Waals surface area contributed by atoms with E-state index in [1.165, 1.54) is 77.0 Å². The highest BCUT2D eigenvalue weighted by molar-refractivity contribution is 7.78. The van der Waals surface area contributed by atoms with Crippen molar-refractivity contribution in [1.82, 2.24) is 10.0 Å². The van der Waals surface area contributed by atoms with Crippen molar-refractivity contribution < 1.29 is 28.7 Å². The topological polar surface area (TPSA) is 111 Å². The number of hydrogen-bond acceptors (Lipinski definition) is 7. The second kappa shape index (κ2) is 28.7. The van der Waals surface area contributed by atoms with E-state index in [2.05, 4.69) is 36.7 Å². The molecule has 0 aliphatic heterocycles. The van der Waals surface area contributed by atoms with E-state index < -0.39 is 6.10 Å². The maximum atomic E-state index is 12.4. The molecule has 0 aliphatic carbocycles. The SMILES string of the molecule is CCCCCCCCCCCCCC(=O)OC[C@@H](CNC(=O)CCC(=O)NS)OC(=O)CCCCCCCCC. The Labute approximate surface area is 249 Å². The highest BCUT2D eigenvalue weighted by Crippen LogP contribution is 2.13. The molecule has 40 heavy (non-hydrogen) atoms. The lowest BCUT2D eigenvalue weighted by atomic mass is 10.1. The third-order valence-corrected chi connectivity index (χ3v) is 7.18. The fourth-order valence-electron chi connectivity index (χ4n) is 4.40. The fourth-order valence-corrected chi connectivity index (χ4v) is 4.51. The smallest absolute Gasteiger partial charge is 0.306 e. The average Bonchev–Trinajstić information content (AvgIpc) is 2.95. The molecule has 0 aromatic carbocycles. The van der Waals surface area contributed by atoms with Crippen molar-refractivity contribution >= 4 is 36.6 Å². The summed E-state index contributed by atoms with van der Waals surface area (Å²) in [6, 6.07) is 0. The van der Waals surface area contributed by atoms with Crippen molar-refractivity contribution in [2.75, 3.05) is 13.2 Å². The zero-order chi connectivity index (χ0) is 29.7. The van der Waals surface area contributed by atoms with Gasteiger partial charge in [-0.05, 0) is 12.8 Å². The van der Waals surface area contributed by atoms with Crippen molar-refractivity contribution in [3.63, 3.8) is 0 Å². The first-order valence-corrected chi connectivity index (χ1v) is 16.4. The zero-order valence-electron chi connectivity index (χ0n) is 25.4. The van der Waals surface area contributed by atoms with Gasteiger partial charge in [-0.15, -0.1) is 0 Å². The Morgan fingerprint density at radius 1 is 0.575 bits per heavy atom. The molecule has 0 aromatic heterocycles. The number of esters is 2. The first kappa shape index (κ1) is 38.2. The maximum absolute atomic E-state index is 12.4. The van der Waals surface area contributed by atoms with E-state index >= 15 is 0 Å². The Balaban J connectivity index is 4.29. The van der Waals surface area contributed by atoms with Gasteiger partial charge in [0.2, 0.25) is 11.8 Å². The summed E-state index contributed by atoms with van der Waals surface area (Å²) in [5.74, 6) is -1.38. The summed E-state index contributed by atoms with van der Waals surface area (Å²) in [4.78, 5) is 48.0. The minimum Gasteiger partial charge on any atom is -0.462 e. The number of ether oxygens (including phenoxy) is 2. The summed E-state index contributed by atoms with van der Waals surface area (Å²) in [5.41, 5.74) is 0. The molecule has 0 saturated heterocycles. The molecular formula is C31H58N2O6S. The van der Waals surface area contributed by atoms with Crippen molar-refractivity contribution in [2.24, 2.45) is 0 Å². The molecule has 9 heteroatoms. The zero-order valence-corrected chi connectivity index (χ0v) is 26.3. The first-order valence-electron chi connectivity index (χ1n) is 16.0. The molecule has 0 fully saturated rings. The van der Waals surface area contributed by atoms with Crippen molar-refractivity contribution in [1.29, 1.82) is 0 Å². The molecule has 0 radical (unpaired) electrons. The van der Waals surface area contributed by atoms with Crippen LogP contribution >= 0.6 is 12.8 Å². The van der Waals surface area contributed by atoms with E-state index in [9.17, 15) is 19.2 Å². The Morgan fingerprint density at radius 3 is 1.48 bits per heavy atom. The van der Waals surface area contributed by atoms with Gasteiger partial charge in [0.15, 0.2) is 6.10 Å². The van der Waals surface area contributed by atoms with Gasteiger partial charge in [-0.1, -0.05) is 129 Å². The Kier molecular flexibility index (Phi) is 27.5. The predicted molar refractivity (Wildman–Crippen MR) is 164 cm³/mol. The van der Waals surface area contributed by atoms with Gasteiger partial charge in [0.05, 0.1) is 6.54 Å². The van der Waals surface area contributed by atoms with Gasteiger partial charge in [-0.3, -0.25) is 19.2 Å². The number of thiol groups is 1. The Bertz CT molecular complexity index is 662. The summed E-state index contributed by atoms with van der Waals surface area (Å²) < 4.78 is 13.1. The maximum Gasteiger partial charge on any atom is 0.306 e. The number of carbonyl (C=O) groups excluding carboxylic acids is 4. The van der Waals surface area contributed by atoms with Gasteiger partial charge < -0.3 is 19.5 Å². The summed E-state index contributed by atoms with van der Waals surface area (Å²) >= 11 is 3.67. The normalized spacial score (nSPS) is 11.6. The lowest BCUT2D eigenvalue weighted by Crippen LogP contribution is -2.38. The van der Waals surface area contributed by atoms with Crippen LogP contribution in [0.25, 0.3) is 0 Å². The van der Waals surface area contributed by atoms with Crippen LogP contribution in [0.3, 0.4) is 0 Å². The molecule has 0 rings (SSSR count). The van der Waals surface area contributed by atoms with Crippen LogP contribution in [0.4, 0.5) is 0 Å². The van der Waals surface area contributed by atoms with Gasteiger partial charge in [0.1, 0.15) is 6.61 Å². The van der Waals surface area contributed by atoms with Gasteiger partial charge in [-0.25, -0.2) is 0 Å². The molecule has 1 atom stereocenters. The summed E-state index contributed by atoms with van der Waals surface area (Å²) in [7, 11) is 0. The van der Waals surface area contributed by atoms with E-state index in [4.69, 9.17) is 9.47 Å². The van der Waals surface area contributed by atoms with Crippen LogP contribution in [0, 0.1) is 0 Å². The van der Waals surface area contributed by atoms with Crippen LogP contribution in [0.2, 0.25) is 0 Å². The molecule has 0 bridgehead atoms. The number of hydrogen-bond donors (Lipinski definition) is 3. The van der Waals surface area contributed by atoms with Crippen LogP contribution in [-0.4, -0.2) is 43.0 Å². The predicted octanol–water partition coefficient (Wildman–Crippen LogP) is 7.14. The highest BCUT2D eigenvalue weighted by Gasteiger charge is 2.18. The van der Waals surface area contributed by atoms with Crippen molar-refractivity contribution in [2.45, 2.75) is 161 Å². The van der Waals surface area contributed by atoms with Crippen LogP contribution < -0.4 is 10.0 Å². The molecule has 234 valence electrons. The molecular weight excluding hydrogens is 528 g/mol. The van der Waals surface area contributed by atoms with E-state index in [1.54, 1.807) is 0 Å². The largest absolute Gasteiger partial charge is 0.462 e. The molecule has 8 nitrogen and oxygen atoms in total. The quantitative estimate of drug-likeness (QED) is 0.0510. The second-order valence-electron chi connectivity index (χ2n) is 10.8. The number of nitrogens with one attached hydrogen (secondary N) is 2. The van der Waals surface area contributed by atoms with E-state index in [0.29, 0.717) is 12.8 Å². The highest BCUT2D eigenvalue weighted by atomic mass is 32.1. The Hall–Kier alpha value is -1.77. The van der Waals surface area contributed by atoms with Crippen LogP contribution in [0.5, 0.6) is 0 Å². The molecule has 0 unspecified atom stereocenters. The molecule has 0 aliphatic rings. The number of rotatable bonds is 28. The molecule has 0 aromatic rings. The minimum atomic E-state index is -0.763. The summed E-state index contributed by atoms with van der Waals surface area (Å²) in [5, 5.41) is 2.67. The van der Waals surface area contributed by atoms with E-state index in [0.717, 1.165) is 38.5 Å². The average molecular weight is 587 g/mol. The summed E-state index contributed by atoms with van der Waals surface area (Å²) in [6.45, 7) is 4.34. The lowest BCUT2D eigenvalue weighted by Gasteiger charge is -2.19. The fraction of sp³-hybridized carbons (Fsp3) is 0.871. The minimum absolute atomic E-state index is 0.00594. The van der Waals surface area contributed by atoms with Gasteiger partial charge >= 0.3 is 11.9 Å². The number of unbranched alkanes of at least 4 members (excludes halogenated alkanes) is 16. The lowest BCUT2D eigenvalue weighted by molar-refractivity contribution is -0.159. The van der Waals surface area contributed by atoms with Crippen LogP contribution in [0.1, 0.15) is 155 Å². The van der Waals surface area contributed by atoms with Gasteiger partial charge in [0.25, 0.3) is 0 Å². The monoisotopic (exact) mass is 586 g/mol. The molecule has 2 amide bonds. The standard InChI is InChI=1S/C31H58N2O6S/c1-3-5-7-9-11-12-13-14-16-17-19-21-30(36)38-26-27(25-32-28(34)23-24-29(35)33-40)39-31(37)22-20-18-15-10-8-6-4-2/h27,40H,3-26H2,1-2H3,(H,32,34)(H,33,35)/t27-/m1/s1. The van der Waals surface area contributed by atoms with Crippen LogP contribution in [0.15, 0.2) is 0 Å².